The van der Waals surface area contributed by atoms with Gasteiger partial charge < -0.3 is 10.5 Å². The van der Waals surface area contributed by atoms with Crippen LogP contribution in [0.25, 0.3) is 0 Å². The molecule has 0 radical (unpaired) electrons. The maximum Gasteiger partial charge on any atom is 0.127 e. The average Bonchev–Trinajstić information content (AvgIpc) is 2.43. The fraction of sp³-hybridized carbons (Fsp3) is 0.250. The van der Waals surface area contributed by atoms with Gasteiger partial charge in [0.1, 0.15) is 11.6 Å². The molecule has 4 heteroatoms. The van der Waals surface area contributed by atoms with Gasteiger partial charge in [-0.1, -0.05) is 29.8 Å². The molecule has 0 aliphatic carbocycles. The van der Waals surface area contributed by atoms with Crippen molar-refractivity contribution in [2.24, 2.45) is 5.73 Å². The third kappa shape index (κ3) is 3.11. The summed E-state index contributed by atoms with van der Waals surface area (Å²) < 4.78 is 19.0. The van der Waals surface area contributed by atoms with E-state index in [1.807, 2.05) is 25.1 Å². The lowest BCUT2D eigenvalue weighted by atomic mass is 9.98. The number of ether oxygens (including phenoxy) is 1. The van der Waals surface area contributed by atoms with Crippen LogP contribution in [0.15, 0.2) is 36.4 Å². The lowest BCUT2D eigenvalue weighted by Crippen LogP contribution is -2.14. The first-order valence-corrected chi connectivity index (χ1v) is 6.73. The summed E-state index contributed by atoms with van der Waals surface area (Å²) in [5.41, 5.74) is 8.53. The molecule has 20 heavy (non-hydrogen) atoms. The molecule has 0 bridgehead atoms. The normalized spacial score (nSPS) is 12.2. The quantitative estimate of drug-likeness (QED) is 0.923. The molecule has 1 unspecified atom stereocenters. The van der Waals surface area contributed by atoms with Gasteiger partial charge in [0, 0.05) is 16.6 Å². The van der Waals surface area contributed by atoms with E-state index < -0.39 is 0 Å². The second-order valence-corrected chi connectivity index (χ2v) is 5.15. The Kier molecular flexibility index (Phi) is 4.63. The Bertz CT molecular complexity index is 595. The molecule has 2 nitrogen and oxygen atoms in total. The van der Waals surface area contributed by atoms with Crippen molar-refractivity contribution in [3.05, 3.63) is 63.9 Å². The van der Waals surface area contributed by atoms with E-state index in [4.69, 9.17) is 22.1 Å². The molecule has 2 aromatic carbocycles. The molecule has 0 amide bonds. The summed E-state index contributed by atoms with van der Waals surface area (Å²) in [5.74, 6) is 0.449. The first kappa shape index (κ1) is 14.8. The van der Waals surface area contributed by atoms with Gasteiger partial charge >= 0.3 is 0 Å². The van der Waals surface area contributed by atoms with E-state index in [9.17, 15) is 4.39 Å². The number of methoxy groups -OCH3 is 1. The van der Waals surface area contributed by atoms with Crippen LogP contribution >= 0.6 is 11.6 Å². The van der Waals surface area contributed by atoms with Crippen molar-refractivity contribution >= 4 is 11.6 Å². The predicted molar refractivity (Wildman–Crippen MR) is 79.8 cm³/mol. The predicted octanol–water partition coefficient (Wildman–Crippen LogP) is 4.04. The molecule has 0 spiro atoms. The van der Waals surface area contributed by atoms with Crippen molar-refractivity contribution in [1.29, 1.82) is 0 Å². The van der Waals surface area contributed by atoms with Crippen LogP contribution in [0.5, 0.6) is 5.75 Å². The number of rotatable bonds is 4. The standard InChI is InChI=1S/C16H17ClFNO/c1-10-6-7-11(8-16(10)20-2)15(19)9-12-13(17)4-3-5-14(12)18/h3-8,15H,9,19H2,1-2H3. The van der Waals surface area contributed by atoms with Gasteiger partial charge in [-0.3, -0.25) is 0 Å². The molecule has 0 aliphatic rings. The third-order valence-corrected chi connectivity index (χ3v) is 3.70. The topological polar surface area (TPSA) is 35.2 Å². The zero-order valence-corrected chi connectivity index (χ0v) is 12.2. The van der Waals surface area contributed by atoms with Crippen LogP contribution in [-0.4, -0.2) is 7.11 Å². The number of halogens is 2. The number of hydrogen-bond acceptors (Lipinski definition) is 2. The highest BCUT2D eigenvalue weighted by Crippen LogP contribution is 2.27. The minimum atomic E-state index is -0.334. The summed E-state index contributed by atoms with van der Waals surface area (Å²) in [5, 5.41) is 0.402. The summed E-state index contributed by atoms with van der Waals surface area (Å²) in [6.45, 7) is 1.96. The van der Waals surface area contributed by atoms with Crippen molar-refractivity contribution < 1.29 is 9.13 Å². The van der Waals surface area contributed by atoms with Gasteiger partial charge in [0.15, 0.2) is 0 Å². The molecule has 2 rings (SSSR count). The minimum Gasteiger partial charge on any atom is -0.496 e. The van der Waals surface area contributed by atoms with Crippen LogP contribution in [0.3, 0.4) is 0 Å². The Morgan fingerprint density at radius 1 is 1.30 bits per heavy atom. The van der Waals surface area contributed by atoms with Crippen molar-refractivity contribution in [1.82, 2.24) is 0 Å². The second kappa shape index (κ2) is 6.25. The monoisotopic (exact) mass is 293 g/mol. The smallest absolute Gasteiger partial charge is 0.127 e. The number of aryl methyl sites for hydroxylation is 1. The van der Waals surface area contributed by atoms with Crippen molar-refractivity contribution in [2.75, 3.05) is 7.11 Å². The molecule has 0 fully saturated rings. The zero-order chi connectivity index (χ0) is 14.7. The van der Waals surface area contributed by atoms with E-state index in [-0.39, 0.29) is 11.9 Å². The maximum atomic E-state index is 13.8. The molecule has 2 aromatic rings. The molecular weight excluding hydrogens is 277 g/mol. The van der Waals surface area contributed by atoms with E-state index in [1.165, 1.54) is 6.07 Å². The van der Waals surface area contributed by atoms with Gasteiger partial charge in [0.05, 0.1) is 7.11 Å². The fourth-order valence-corrected chi connectivity index (χ4v) is 2.37. The van der Waals surface area contributed by atoms with Gasteiger partial charge in [-0.2, -0.15) is 0 Å². The largest absolute Gasteiger partial charge is 0.496 e. The van der Waals surface area contributed by atoms with Gasteiger partial charge in [0.25, 0.3) is 0 Å². The Morgan fingerprint density at radius 3 is 2.70 bits per heavy atom. The number of nitrogens with two attached hydrogens (primary N) is 1. The summed E-state index contributed by atoms with van der Waals surface area (Å²) >= 11 is 6.02. The van der Waals surface area contributed by atoms with Gasteiger partial charge in [0.2, 0.25) is 0 Å². The Balaban J connectivity index is 2.26. The number of benzene rings is 2. The summed E-state index contributed by atoms with van der Waals surface area (Å²) in [6, 6.07) is 10.1. The summed E-state index contributed by atoms with van der Waals surface area (Å²) in [6.07, 6.45) is 0.345. The molecule has 0 saturated carbocycles. The molecule has 0 heterocycles. The Morgan fingerprint density at radius 2 is 2.05 bits per heavy atom. The average molecular weight is 294 g/mol. The first-order valence-electron chi connectivity index (χ1n) is 6.36. The Labute approximate surface area is 123 Å². The molecule has 0 saturated heterocycles. The van der Waals surface area contributed by atoms with Crippen LogP contribution in [0.1, 0.15) is 22.7 Å². The fourth-order valence-electron chi connectivity index (χ4n) is 2.13. The second-order valence-electron chi connectivity index (χ2n) is 4.74. The van der Waals surface area contributed by atoms with Crippen LogP contribution in [-0.2, 0) is 6.42 Å². The molecule has 2 N–H and O–H groups in total. The highest BCUT2D eigenvalue weighted by atomic mass is 35.5. The van der Waals surface area contributed by atoms with E-state index in [0.717, 1.165) is 16.9 Å². The van der Waals surface area contributed by atoms with Crippen molar-refractivity contribution in [2.45, 2.75) is 19.4 Å². The molecule has 106 valence electrons. The molecule has 0 aliphatic heterocycles. The zero-order valence-electron chi connectivity index (χ0n) is 11.5. The van der Waals surface area contributed by atoms with Crippen molar-refractivity contribution in [3.63, 3.8) is 0 Å². The van der Waals surface area contributed by atoms with E-state index in [2.05, 4.69) is 0 Å². The molecule has 0 aromatic heterocycles. The molecular formula is C16H17ClFNO. The van der Waals surface area contributed by atoms with Crippen molar-refractivity contribution in [3.8, 4) is 5.75 Å². The van der Waals surface area contributed by atoms with E-state index in [0.29, 0.717) is 17.0 Å². The lowest BCUT2D eigenvalue weighted by molar-refractivity contribution is 0.410. The third-order valence-electron chi connectivity index (χ3n) is 3.35. The Hall–Kier alpha value is -1.58. The van der Waals surface area contributed by atoms with Crippen LogP contribution < -0.4 is 10.5 Å². The van der Waals surface area contributed by atoms with E-state index in [1.54, 1.807) is 19.2 Å². The summed E-state index contributed by atoms with van der Waals surface area (Å²) in [4.78, 5) is 0. The first-order chi connectivity index (χ1) is 9.52. The summed E-state index contributed by atoms with van der Waals surface area (Å²) in [7, 11) is 1.62. The van der Waals surface area contributed by atoms with Gasteiger partial charge in [-0.15, -0.1) is 0 Å². The lowest BCUT2D eigenvalue weighted by Gasteiger charge is -2.15. The van der Waals surface area contributed by atoms with Crippen LogP contribution in [0, 0.1) is 12.7 Å². The number of hydrogen-bond donors (Lipinski definition) is 1. The van der Waals surface area contributed by atoms with Gasteiger partial charge in [-0.05, 0) is 42.7 Å². The highest BCUT2D eigenvalue weighted by molar-refractivity contribution is 6.31. The van der Waals surface area contributed by atoms with E-state index >= 15 is 0 Å². The van der Waals surface area contributed by atoms with Crippen LogP contribution in [0.4, 0.5) is 4.39 Å². The highest BCUT2D eigenvalue weighted by Gasteiger charge is 2.14. The SMILES string of the molecule is COc1cc(C(N)Cc2c(F)cccc2Cl)ccc1C. The minimum absolute atomic E-state index is 0.327. The van der Waals surface area contributed by atoms with Gasteiger partial charge in [-0.25, -0.2) is 4.39 Å². The maximum absolute atomic E-state index is 13.8. The van der Waals surface area contributed by atoms with Crippen LogP contribution in [0.2, 0.25) is 5.02 Å². The molecule has 1 atom stereocenters.